The summed E-state index contributed by atoms with van der Waals surface area (Å²) in [5.41, 5.74) is 1.18. The van der Waals surface area contributed by atoms with Gasteiger partial charge in [-0.1, -0.05) is 49.6 Å². The summed E-state index contributed by atoms with van der Waals surface area (Å²) in [6.45, 7) is 1.29. The number of nitrogens with one attached hydrogen (secondary N) is 1. The summed E-state index contributed by atoms with van der Waals surface area (Å²) < 4.78 is 12.0. The van der Waals surface area contributed by atoms with Crippen LogP contribution in [0, 0.1) is 11.8 Å². The topological polar surface area (TPSA) is 67.8 Å². The summed E-state index contributed by atoms with van der Waals surface area (Å²) in [7, 11) is 0. The van der Waals surface area contributed by atoms with E-state index in [1.165, 1.54) is 5.56 Å². The lowest BCUT2D eigenvalue weighted by atomic mass is 9.77. The van der Waals surface area contributed by atoms with Gasteiger partial charge >= 0.3 is 5.97 Å². The van der Waals surface area contributed by atoms with Crippen LogP contribution < -0.4 is 5.32 Å². The smallest absolute Gasteiger partial charge is 0.303 e. The first-order chi connectivity index (χ1) is 13.6. The molecular weight excluding hydrogens is 374 g/mol. The monoisotopic (exact) mass is 405 g/mol. The van der Waals surface area contributed by atoms with Gasteiger partial charge in [-0.2, -0.15) is 0 Å². The van der Waals surface area contributed by atoms with Crippen LogP contribution in [-0.2, 0) is 20.8 Å². The largest absolute Gasteiger partial charge is 0.481 e. The Bertz CT molecular complexity index is 639. The Kier molecular flexibility index (Phi) is 8.10. The van der Waals surface area contributed by atoms with Gasteiger partial charge in [0.05, 0.1) is 18.8 Å². The number of hydrogen-bond acceptors (Lipinski definition) is 4. The highest BCUT2D eigenvalue weighted by atomic mass is 32.1. The molecule has 2 saturated heterocycles. The van der Waals surface area contributed by atoms with Gasteiger partial charge in [0, 0.05) is 18.9 Å². The van der Waals surface area contributed by atoms with Gasteiger partial charge in [0.15, 0.2) is 0 Å². The van der Waals surface area contributed by atoms with E-state index in [9.17, 15) is 4.79 Å². The van der Waals surface area contributed by atoms with E-state index >= 15 is 0 Å². The van der Waals surface area contributed by atoms with Crippen molar-refractivity contribution < 1.29 is 19.4 Å². The highest BCUT2D eigenvalue weighted by Gasteiger charge is 2.48. The number of rotatable bonds is 11. The summed E-state index contributed by atoms with van der Waals surface area (Å²) in [5.74, 6) is 0.250. The number of unbranched alkanes of at least 4 members (excludes halogenated alkanes) is 3. The normalized spacial score (nSPS) is 25.6. The van der Waals surface area contributed by atoms with Gasteiger partial charge in [-0.15, -0.1) is 0 Å². The third-order valence-electron chi connectivity index (χ3n) is 5.95. The molecule has 1 aromatic rings. The van der Waals surface area contributed by atoms with E-state index in [-0.39, 0.29) is 6.42 Å². The van der Waals surface area contributed by atoms with Crippen molar-refractivity contribution in [3.05, 3.63) is 35.9 Å². The van der Waals surface area contributed by atoms with Crippen molar-refractivity contribution in [2.24, 2.45) is 11.8 Å². The molecule has 0 amide bonds. The summed E-state index contributed by atoms with van der Waals surface area (Å²) >= 11 is 5.35. The Morgan fingerprint density at radius 2 is 1.82 bits per heavy atom. The van der Waals surface area contributed by atoms with Crippen LogP contribution in [0.1, 0.15) is 56.9 Å². The van der Waals surface area contributed by atoms with Crippen LogP contribution in [-0.4, -0.2) is 35.1 Å². The number of carboxylic acids is 1. The van der Waals surface area contributed by atoms with Crippen molar-refractivity contribution in [1.29, 1.82) is 0 Å². The fourth-order valence-corrected chi connectivity index (χ4v) is 4.64. The number of benzene rings is 1. The highest BCUT2D eigenvalue weighted by molar-refractivity contribution is 7.80. The lowest BCUT2D eigenvalue weighted by molar-refractivity contribution is -0.137. The minimum absolute atomic E-state index is 0.279. The van der Waals surface area contributed by atoms with Gasteiger partial charge in [-0.25, -0.2) is 0 Å². The van der Waals surface area contributed by atoms with E-state index in [1.54, 1.807) is 0 Å². The quantitative estimate of drug-likeness (QED) is 0.423. The molecule has 2 aliphatic heterocycles. The van der Waals surface area contributed by atoms with E-state index in [4.69, 9.17) is 26.8 Å². The molecule has 2 heterocycles. The third-order valence-corrected chi connectivity index (χ3v) is 6.22. The van der Waals surface area contributed by atoms with Crippen molar-refractivity contribution in [3.8, 4) is 0 Å². The van der Waals surface area contributed by atoms with Gasteiger partial charge < -0.3 is 19.9 Å². The van der Waals surface area contributed by atoms with Crippen LogP contribution in [0.3, 0.4) is 0 Å². The number of hydrogen-bond donors (Lipinski definition) is 2. The summed E-state index contributed by atoms with van der Waals surface area (Å²) in [6, 6.07) is 10.1. The first-order valence-electron chi connectivity index (χ1n) is 10.5. The summed E-state index contributed by atoms with van der Waals surface area (Å²) in [5, 5.41) is 12.3. The second-order valence-corrected chi connectivity index (χ2v) is 8.27. The molecule has 28 heavy (non-hydrogen) atoms. The SMILES string of the molecule is O=C(O)CCCCCCC1C2CCC(O2)C1COC(=S)NCc1ccccc1. The van der Waals surface area contributed by atoms with Gasteiger partial charge in [0.1, 0.15) is 0 Å². The Morgan fingerprint density at radius 1 is 1.11 bits per heavy atom. The molecule has 2 bridgehead atoms. The first-order valence-corrected chi connectivity index (χ1v) is 10.9. The molecule has 0 saturated carbocycles. The van der Waals surface area contributed by atoms with Crippen molar-refractivity contribution in [1.82, 2.24) is 5.32 Å². The minimum atomic E-state index is -0.699. The first kappa shape index (κ1) is 21.1. The van der Waals surface area contributed by atoms with Crippen molar-refractivity contribution in [2.45, 2.75) is 70.1 Å². The third kappa shape index (κ3) is 6.17. The number of thiocarbonyl (C=S) groups is 1. The predicted octanol–water partition coefficient (Wildman–Crippen LogP) is 4.30. The lowest BCUT2D eigenvalue weighted by Crippen LogP contribution is -2.33. The molecule has 0 radical (unpaired) electrons. The Labute approximate surface area is 172 Å². The maximum atomic E-state index is 10.6. The number of ether oxygens (including phenoxy) is 2. The standard InChI is InChI=1S/C22H31NO4S/c24-21(25)11-7-2-1-6-10-17-18(20-13-12-19(17)27-20)15-26-22(28)23-14-16-8-4-3-5-9-16/h3-5,8-9,17-20H,1-2,6-7,10-15H2,(H,23,28)(H,24,25). The second kappa shape index (κ2) is 10.8. The molecule has 5 nitrogen and oxygen atoms in total. The van der Waals surface area contributed by atoms with Crippen molar-refractivity contribution in [3.63, 3.8) is 0 Å². The average Bonchev–Trinajstić information content (AvgIpc) is 3.30. The number of carboxylic acid groups (broad SMARTS) is 1. The molecule has 4 atom stereocenters. The van der Waals surface area contributed by atoms with Crippen LogP contribution in [0.15, 0.2) is 30.3 Å². The molecule has 3 rings (SSSR count). The molecule has 154 valence electrons. The highest BCUT2D eigenvalue weighted by Crippen LogP contribution is 2.45. The van der Waals surface area contributed by atoms with E-state index in [1.807, 2.05) is 18.2 Å². The predicted molar refractivity (Wildman–Crippen MR) is 112 cm³/mol. The fraction of sp³-hybridized carbons (Fsp3) is 0.636. The lowest BCUT2D eigenvalue weighted by Gasteiger charge is -2.28. The fourth-order valence-electron chi connectivity index (χ4n) is 4.50. The van der Waals surface area contributed by atoms with Crippen LogP contribution in [0.4, 0.5) is 0 Å². The molecular formula is C22H31NO4S. The van der Waals surface area contributed by atoms with E-state index in [0.29, 0.717) is 42.4 Å². The zero-order valence-electron chi connectivity index (χ0n) is 16.3. The van der Waals surface area contributed by atoms with Crippen LogP contribution in [0.25, 0.3) is 0 Å². The van der Waals surface area contributed by atoms with Gasteiger partial charge in [0.25, 0.3) is 5.17 Å². The molecule has 0 aromatic heterocycles. The van der Waals surface area contributed by atoms with E-state index in [2.05, 4.69) is 17.4 Å². The van der Waals surface area contributed by atoms with Gasteiger partial charge in [-0.3, -0.25) is 4.79 Å². The molecule has 6 heteroatoms. The van der Waals surface area contributed by atoms with E-state index < -0.39 is 5.97 Å². The second-order valence-electron chi connectivity index (χ2n) is 7.90. The summed E-state index contributed by atoms with van der Waals surface area (Å²) in [6.07, 6.45) is 8.34. The molecule has 2 aliphatic rings. The maximum Gasteiger partial charge on any atom is 0.303 e. The van der Waals surface area contributed by atoms with Crippen LogP contribution in [0.2, 0.25) is 0 Å². The Morgan fingerprint density at radius 3 is 2.57 bits per heavy atom. The number of aliphatic carboxylic acids is 1. The van der Waals surface area contributed by atoms with Crippen molar-refractivity contribution in [2.75, 3.05) is 6.61 Å². The molecule has 2 fully saturated rings. The summed E-state index contributed by atoms with van der Waals surface area (Å²) in [4.78, 5) is 10.6. The minimum Gasteiger partial charge on any atom is -0.481 e. The zero-order chi connectivity index (χ0) is 19.8. The van der Waals surface area contributed by atoms with E-state index in [0.717, 1.165) is 44.9 Å². The molecule has 4 unspecified atom stereocenters. The Balaban J connectivity index is 1.36. The van der Waals surface area contributed by atoms with Crippen LogP contribution >= 0.6 is 12.2 Å². The van der Waals surface area contributed by atoms with Gasteiger partial charge in [-0.05, 0) is 49.4 Å². The Hall–Kier alpha value is -1.66. The average molecular weight is 406 g/mol. The van der Waals surface area contributed by atoms with Crippen molar-refractivity contribution >= 4 is 23.4 Å². The number of fused-ring (bicyclic) bond motifs is 2. The maximum absolute atomic E-state index is 10.6. The van der Waals surface area contributed by atoms with Crippen LogP contribution in [0.5, 0.6) is 0 Å². The molecule has 0 spiro atoms. The molecule has 1 aromatic carbocycles. The zero-order valence-corrected chi connectivity index (χ0v) is 17.2. The molecule has 2 N–H and O–H groups in total. The number of carbonyl (C=O) groups is 1. The molecule has 0 aliphatic carbocycles. The van der Waals surface area contributed by atoms with Gasteiger partial charge in [0.2, 0.25) is 0 Å².